The van der Waals surface area contributed by atoms with Gasteiger partial charge in [0.15, 0.2) is 0 Å². The number of H-pyrrole nitrogens is 1. The summed E-state index contributed by atoms with van der Waals surface area (Å²) in [4.78, 5) is 13.0. The van der Waals surface area contributed by atoms with Gasteiger partial charge in [0.1, 0.15) is 6.61 Å². The lowest BCUT2D eigenvalue weighted by Crippen LogP contribution is -2.01. The molecule has 1 heterocycles. The number of hydrogen-bond donors (Lipinski definition) is 2. The number of pyridine rings is 1. The van der Waals surface area contributed by atoms with Gasteiger partial charge < -0.3 is 10.1 Å². The van der Waals surface area contributed by atoms with Crippen molar-refractivity contribution in [3.05, 3.63) is 34.2 Å². The number of aliphatic hydroxyl groups is 1. The second kappa shape index (κ2) is 3.59. The standard InChI is InChI=1S/C8H7NO2/c10-5-1-2-7-3-4-8(11)9-6-7/h3-4,6,10H,5H2,(H,9,11). The topological polar surface area (TPSA) is 53.1 Å². The monoisotopic (exact) mass is 149 g/mol. The molecule has 1 aromatic rings. The predicted molar refractivity (Wildman–Crippen MR) is 41.0 cm³/mol. The van der Waals surface area contributed by atoms with Crippen LogP contribution >= 0.6 is 0 Å². The molecule has 0 saturated carbocycles. The van der Waals surface area contributed by atoms with Gasteiger partial charge in [-0.15, -0.1) is 0 Å². The number of nitrogens with one attached hydrogen (secondary N) is 1. The van der Waals surface area contributed by atoms with Crippen LogP contribution in [0.25, 0.3) is 0 Å². The molecule has 0 aliphatic heterocycles. The van der Waals surface area contributed by atoms with Gasteiger partial charge in [-0.2, -0.15) is 0 Å². The molecule has 0 bridgehead atoms. The second-order valence-electron chi connectivity index (χ2n) is 1.90. The highest BCUT2D eigenvalue weighted by atomic mass is 16.2. The fraction of sp³-hybridized carbons (Fsp3) is 0.125. The van der Waals surface area contributed by atoms with Crippen LogP contribution in [-0.2, 0) is 0 Å². The van der Waals surface area contributed by atoms with Gasteiger partial charge in [0.2, 0.25) is 5.56 Å². The molecule has 0 aromatic carbocycles. The Hall–Kier alpha value is -1.53. The Balaban J connectivity index is 2.90. The van der Waals surface area contributed by atoms with Gasteiger partial charge in [-0.05, 0) is 6.07 Å². The van der Waals surface area contributed by atoms with Gasteiger partial charge in [-0.25, -0.2) is 0 Å². The molecule has 56 valence electrons. The minimum Gasteiger partial charge on any atom is -0.384 e. The SMILES string of the molecule is O=c1ccc(C#CCO)c[nH]1. The summed E-state index contributed by atoms with van der Waals surface area (Å²) in [6, 6.07) is 2.99. The van der Waals surface area contributed by atoms with E-state index in [0.29, 0.717) is 5.56 Å². The van der Waals surface area contributed by atoms with E-state index < -0.39 is 0 Å². The van der Waals surface area contributed by atoms with Crippen LogP contribution in [0.2, 0.25) is 0 Å². The molecule has 0 atom stereocenters. The lowest BCUT2D eigenvalue weighted by Gasteiger charge is -1.85. The van der Waals surface area contributed by atoms with Crippen LogP contribution in [0.4, 0.5) is 0 Å². The van der Waals surface area contributed by atoms with Crippen LogP contribution in [0.15, 0.2) is 23.1 Å². The molecule has 0 saturated heterocycles. The maximum Gasteiger partial charge on any atom is 0.247 e. The zero-order valence-electron chi connectivity index (χ0n) is 5.79. The van der Waals surface area contributed by atoms with Crippen molar-refractivity contribution in [2.45, 2.75) is 0 Å². The predicted octanol–water partition coefficient (Wildman–Crippen LogP) is -0.281. The zero-order chi connectivity index (χ0) is 8.10. The van der Waals surface area contributed by atoms with E-state index in [1.54, 1.807) is 6.07 Å². The Labute approximate surface area is 63.7 Å². The van der Waals surface area contributed by atoms with E-state index in [-0.39, 0.29) is 12.2 Å². The first-order valence-electron chi connectivity index (χ1n) is 3.11. The quantitative estimate of drug-likeness (QED) is 0.498. The van der Waals surface area contributed by atoms with Gasteiger partial charge in [0.25, 0.3) is 0 Å². The third-order valence-electron chi connectivity index (χ3n) is 1.10. The Kier molecular flexibility index (Phi) is 2.47. The number of hydrogen-bond acceptors (Lipinski definition) is 2. The third-order valence-corrected chi connectivity index (χ3v) is 1.10. The van der Waals surface area contributed by atoms with Crippen molar-refractivity contribution in [2.24, 2.45) is 0 Å². The highest BCUT2D eigenvalue weighted by Gasteiger charge is 1.83. The number of aromatic nitrogens is 1. The molecule has 0 radical (unpaired) electrons. The Morgan fingerprint density at radius 1 is 1.55 bits per heavy atom. The van der Waals surface area contributed by atoms with E-state index in [4.69, 9.17) is 5.11 Å². The highest BCUT2D eigenvalue weighted by molar-refractivity contribution is 5.30. The minimum atomic E-state index is -0.168. The second-order valence-corrected chi connectivity index (χ2v) is 1.90. The van der Waals surface area contributed by atoms with Crippen molar-refractivity contribution >= 4 is 0 Å². The number of aliphatic hydroxyl groups excluding tert-OH is 1. The molecule has 0 spiro atoms. The van der Waals surface area contributed by atoms with Crippen LogP contribution in [0.3, 0.4) is 0 Å². The number of rotatable bonds is 0. The van der Waals surface area contributed by atoms with Crippen molar-refractivity contribution in [3.63, 3.8) is 0 Å². The molecule has 1 rings (SSSR count). The largest absolute Gasteiger partial charge is 0.384 e. The van der Waals surface area contributed by atoms with Crippen molar-refractivity contribution < 1.29 is 5.11 Å². The summed E-state index contributed by atoms with van der Waals surface area (Å²) in [7, 11) is 0. The Morgan fingerprint density at radius 3 is 2.91 bits per heavy atom. The third kappa shape index (κ3) is 2.28. The summed E-state index contributed by atoms with van der Waals surface area (Å²) < 4.78 is 0. The average Bonchev–Trinajstić information content (AvgIpc) is 2.04. The van der Waals surface area contributed by atoms with Crippen LogP contribution in [-0.4, -0.2) is 16.7 Å². The van der Waals surface area contributed by atoms with E-state index in [1.165, 1.54) is 12.3 Å². The molecule has 3 heteroatoms. The van der Waals surface area contributed by atoms with E-state index in [2.05, 4.69) is 16.8 Å². The summed E-state index contributed by atoms with van der Waals surface area (Å²) in [6.45, 7) is -0.168. The van der Waals surface area contributed by atoms with Gasteiger partial charge >= 0.3 is 0 Å². The van der Waals surface area contributed by atoms with Gasteiger partial charge in [-0.3, -0.25) is 4.79 Å². The van der Waals surface area contributed by atoms with Crippen LogP contribution in [0.5, 0.6) is 0 Å². The van der Waals surface area contributed by atoms with Crippen LogP contribution in [0.1, 0.15) is 5.56 Å². The lowest BCUT2D eigenvalue weighted by molar-refractivity contribution is 0.350. The van der Waals surface area contributed by atoms with Gasteiger partial charge in [0, 0.05) is 17.8 Å². The van der Waals surface area contributed by atoms with Crippen LogP contribution in [0, 0.1) is 11.8 Å². The van der Waals surface area contributed by atoms with Gasteiger partial charge in [-0.1, -0.05) is 11.8 Å². The van der Waals surface area contributed by atoms with Crippen molar-refractivity contribution in [3.8, 4) is 11.8 Å². The zero-order valence-corrected chi connectivity index (χ0v) is 5.79. The molecule has 2 N–H and O–H groups in total. The van der Waals surface area contributed by atoms with Crippen LogP contribution < -0.4 is 5.56 Å². The first-order chi connectivity index (χ1) is 5.33. The molecule has 3 nitrogen and oxygen atoms in total. The first-order valence-corrected chi connectivity index (χ1v) is 3.11. The normalized spacial score (nSPS) is 8.45. The maximum absolute atomic E-state index is 10.5. The van der Waals surface area contributed by atoms with E-state index in [9.17, 15) is 4.79 Å². The molecular formula is C8H7NO2. The minimum absolute atomic E-state index is 0.153. The Bertz CT molecular complexity index is 323. The molecule has 0 amide bonds. The smallest absolute Gasteiger partial charge is 0.247 e. The molecule has 0 aliphatic rings. The van der Waals surface area contributed by atoms with E-state index in [1.807, 2.05) is 0 Å². The van der Waals surface area contributed by atoms with Gasteiger partial charge in [0.05, 0.1) is 0 Å². The maximum atomic E-state index is 10.5. The molecular weight excluding hydrogens is 142 g/mol. The molecule has 11 heavy (non-hydrogen) atoms. The fourth-order valence-electron chi connectivity index (χ4n) is 0.630. The van der Waals surface area contributed by atoms with E-state index >= 15 is 0 Å². The number of aromatic amines is 1. The summed E-state index contributed by atoms with van der Waals surface area (Å²) >= 11 is 0. The molecule has 0 aliphatic carbocycles. The summed E-state index contributed by atoms with van der Waals surface area (Å²) in [5.41, 5.74) is 0.540. The average molecular weight is 149 g/mol. The molecule has 0 fully saturated rings. The Morgan fingerprint density at radius 2 is 2.36 bits per heavy atom. The highest BCUT2D eigenvalue weighted by Crippen LogP contribution is 1.87. The lowest BCUT2D eigenvalue weighted by atomic mass is 10.3. The first kappa shape index (κ1) is 7.58. The van der Waals surface area contributed by atoms with Crippen molar-refractivity contribution in [1.82, 2.24) is 4.98 Å². The van der Waals surface area contributed by atoms with Crippen molar-refractivity contribution in [1.29, 1.82) is 0 Å². The van der Waals surface area contributed by atoms with Crippen molar-refractivity contribution in [2.75, 3.05) is 6.61 Å². The summed E-state index contributed by atoms with van der Waals surface area (Å²) in [6.07, 6.45) is 1.50. The fourth-order valence-corrected chi connectivity index (χ4v) is 0.630. The summed E-state index contributed by atoms with van der Waals surface area (Å²) in [5, 5.41) is 8.34. The molecule has 0 unspecified atom stereocenters. The van der Waals surface area contributed by atoms with E-state index in [0.717, 1.165) is 0 Å². The summed E-state index contributed by atoms with van der Waals surface area (Å²) in [5.74, 6) is 5.12. The molecule has 1 aromatic heterocycles.